The fourth-order valence-electron chi connectivity index (χ4n) is 2.29. The zero-order valence-corrected chi connectivity index (χ0v) is 11.5. The van der Waals surface area contributed by atoms with Crippen molar-refractivity contribution in [3.05, 3.63) is 21.0 Å². The summed E-state index contributed by atoms with van der Waals surface area (Å²) in [5.74, 6) is 0. The van der Waals surface area contributed by atoms with E-state index < -0.39 is 22.8 Å². The monoisotopic (exact) mass is 306 g/mol. The second kappa shape index (κ2) is 6.47. The third kappa shape index (κ3) is 3.25. The second-order valence-electron chi connectivity index (χ2n) is 4.84. The SMILES string of the molecule is N=C/C(=C(/Cl)N[C@H]1CCN(C2COC2)CC1F)[N+](=O)[O-]. The van der Waals surface area contributed by atoms with E-state index in [4.69, 9.17) is 21.7 Å². The molecule has 2 aliphatic rings. The topological polar surface area (TPSA) is 91.5 Å². The number of hydrogen-bond donors (Lipinski definition) is 2. The van der Waals surface area contributed by atoms with E-state index in [2.05, 4.69) is 5.32 Å². The molecule has 2 heterocycles. The van der Waals surface area contributed by atoms with Gasteiger partial charge in [-0.15, -0.1) is 0 Å². The zero-order chi connectivity index (χ0) is 14.7. The van der Waals surface area contributed by atoms with Crippen LogP contribution in [0.15, 0.2) is 10.9 Å². The molecule has 2 rings (SSSR count). The summed E-state index contributed by atoms with van der Waals surface area (Å²) in [4.78, 5) is 11.9. The van der Waals surface area contributed by atoms with Gasteiger partial charge in [-0.25, -0.2) is 4.39 Å². The molecular weight excluding hydrogens is 291 g/mol. The van der Waals surface area contributed by atoms with E-state index in [0.29, 0.717) is 32.4 Å². The van der Waals surface area contributed by atoms with Crippen LogP contribution in [0, 0.1) is 15.5 Å². The highest BCUT2D eigenvalue weighted by molar-refractivity contribution is 6.30. The van der Waals surface area contributed by atoms with E-state index >= 15 is 0 Å². The van der Waals surface area contributed by atoms with E-state index in [1.165, 1.54) is 0 Å². The third-order valence-corrected chi connectivity index (χ3v) is 3.88. The number of nitro groups is 1. The summed E-state index contributed by atoms with van der Waals surface area (Å²) in [6.07, 6.45) is -0.128. The highest BCUT2D eigenvalue weighted by Crippen LogP contribution is 2.21. The molecule has 0 aromatic carbocycles. The summed E-state index contributed by atoms with van der Waals surface area (Å²) in [5.41, 5.74) is -0.561. The number of halogens is 2. The quantitative estimate of drug-likeness (QED) is 0.338. The Balaban J connectivity index is 1.94. The van der Waals surface area contributed by atoms with Gasteiger partial charge in [0.15, 0.2) is 5.16 Å². The predicted molar refractivity (Wildman–Crippen MR) is 71.3 cm³/mol. The Labute approximate surface area is 120 Å². The van der Waals surface area contributed by atoms with Crippen LogP contribution < -0.4 is 5.32 Å². The zero-order valence-electron chi connectivity index (χ0n) is 10.7. The number of nitrogens with zero attached hydrogens (tertiary/aromatic N) is 2. The van der Waals surface area contributed by atoms with E-state index in [1.54, 1.807) is 0 Å². The predicted octanol–water partition coefficient (Wildman–Crippen LogP) is 0.721. The van der Waals surface area contributed by atoms with Gasteiger partial charge in [0.05, 0.1) is 36.4 Å². The molecule has 0 spiro atoms. The maximum atomic E-state index is 14.1. The Hall–Kier alpha value is -1.25. The molecule has 112 valence electrons. The molecule has 0 aliphatic carbocycles. The number of rotatable bonds is 5. The summed E-state index contributed by atoms with van der Waals surface area (Å²) in [7, 11) is 0. The summed E-state index contributed by atoms with van der Waals surface area (Å²) in [6, 6.07) is -0.300. The van der Waals surface area contributed by atoms with Crippen LogP contribution in [0.1, 0.15) is 6.42 Å². The van der Waals surface area contributed by atoms with Gasteiger partial charge in [-0.3, -0.25) is 15.0 Å². The first-order chi connectivity index (χ1) is 9.52. The second-order valence-corrected chi connectivity index (χ2v) is 5.22. The lowest BCUT2D eigenvalue weighted by Crippen LogP contribution is -2.58. The molecule has 0 aromatic heterocycles. The van der Waals surface area contributed by atoms with Gasteiger partial charge in [-0.05, 0) is 6.42 Å². The highest BCUT2D eigenvalue weighted by Gasteiger charge is 2.36. The number of likely N-dealkylation sites (tertiary alicyclic amines) is 1. The Kier molecular flexibility index (Phi) is 4.90. The van der Waals surface area contributed by atoms with Crippen LogP contribution in [0.25, 0.3) is 0 Å². The van der Waals surface area contributed by atoms with Crippen molar-refractivity contribution in [2.75, 3.05) is 26.3 Å². The van der Waals surface area contributed by atoms with Crippen molar-refractivity contribution in [2.45, 2.75) is 24.7 Å². The maximum absolute atomic E-state index is 14.1. The van der Waals surface area contributed by atoms with Gasteiger partial charge in [0.25, 0.3) is 0 Å². The standard InChI is InChI=1S/C11H16ClFN4O3/c12-11(10(3-14)17(18)19)15-9-1-2-16(4-8(9)13)7-5-20-6-7/h3,7-9,14-15H,1-2,4-6H2/b11-10+,14-3?/t8?,9-/m0/s1. The number of piperidine rings is 1. The van der Waals surface area contributed by atoms with Crippen LogP contribution in [0.2, 0.25) is 0 Å². The maximum Gasteiger partial charge on any atom is 0.321 e. The summed E-state index contributed by atoms with van der Waals surface area (Å²) in [6.45, 7) is 2.21. The van der Waals surface area contributed by atoms with Gasteiger partial charge in [0.2, 0.25) is 0 Å². The first kappa shape index (κ1) is 15.1. The number of hydrogen-bond acceptors (Lipinski definition) is 6. The molecule has 7 nitrogen and oxygen atoms in total. The number of nitrogens with one attached hydrogen (secondary N) is 2. The number of alkyl halides is 1. The average molecular weight is 307 g/mol. The Morgan fingerprint density at radius 3 is 2.75 bits per heavy atom. The lowest BCUT2D eigenvalue weighted by Gasteiger charge is -2.42. The van der Waals surface area contributed by atoms with Crippen LogP contribution >= 0.6 is 11.6 Å². The van der Waals surface area contributed by atoms with Crippen molar-refractivity contribution in [3.63, 3.8) is 0 Å². The van der Waals surface area contributed by atoms with Gasteiger partial charge in [-0.2, -0.15) is 0 Å². The van der Waals surface area contributed by atoms with Crippen molar-refractivity contribution in [2.24, 2.45) is 0 Å². The summed E-state index contributed by atoms with van der Waals surface area (Å²) >= 11 is 5.75. The lowest BCUT2D eigenvalue weighted by atomic mass is 10.0. The molecule has 0 bridgehead atoms. The molecule has 2 saturated heterocycles. The first-order valence-electron chi connectivity index (χ1n) is 6.30. The van der Waals surface area contributed by atoms with Crippen molar-refractivity contribution in [1.82, 2.24) is 10.2 Å². The Morgan fingerprint density at radius 1 is 1.60 bits per heavy atom. The normalized spacial score (nSPS) is 29.3. The minimum absolute atomic E-state index is 0.258. The largest absolute Gasteiger partial charge is 0.378 e. The number of ether oxygens (including phenoxy) is 1. The number of allylic oxidation sites excluding steroid dienone is 1. The molecule has 2 atom stereocenters. The molecule has 0 amide bonds. The minimum Gasteiger partial charge on any atom is -0.378 e. The molecule has 20 heavy (non-hydrogen) atoms. The molecule has 0 saturated carbocycles. The molecule has 0 radical (unpaired) electrons. The first-order valence-corrected chi connectivity index (χ1v) is 6.67. The van der Waals surface area contributed by atoms with Gasteiger partial charge in [-0.1, -0.05) is 11.6 Å². The molecular formula is C11H16ClFN4O3. The van der Waals surface area contributed by atoms with E-state index in [1.807, 2.05) is 4.90 Å². The van der Waals surface area contributed by atoms with E-state index in [0.717, 1.165) is 0 Å². The van der Waals surface area contributed by atoms with Crippen LogP contribution in [0.4, 0.5) is 4.39 Å². The van der Waals surface area contributed by atoms with Crippen molar-refractivity contribution >= 4 is 17.8 Å². The highest BCUT2D eigenvalue weighted by atomic mass is 35.5. The van der Waals surface area contributed by atoms with Gasteiger partial charge >= 0.3 is 5.70 Å². The van der Waals surface area contributed by atoms with Crippen molar-refractivity contribution in [3.8, 4) is 0 Å². The van der Waals surface area contributed by atoms with Crippen LogP contribution in [-0.2, 0) is 4.74 Å². The van der Waals surface area contributed by atoms with Crippen LogP contribution in [0.5, 0.6) is 0 Å². The Morgan fingerprint density at radius 2 is 2.30 bits per heavy atom. The van der Waals surface area contributed by atoms with Crippen molar-refractivity contribution < 1.29 is 14.1 Å². The fourth-order valence-corrected chi connectivity index (χ4v) is 2.55. The van der Waals surface area contributed by atoms with E-state index in [-0.39, 0.29) is 17.7 Å². The van der Waals surface area contributed by atoms with E-state index in [9.17, 15) is 14.5 Å². The van der Waals surface area contributed by atoms with Crippen molar-refractivity contribution in [1.29, 1.82) is 5.41 Å². The molecule has 2 N–H and O–H groups in total. The summed E-state index contributed by atoms with van der Waals surface area (Å²) < 4.78 is 19.2. The molecule has 9 heteroatoms. The molecule has 0 aromatic rings. The smallest absolute Gasteiger partial charge is 0.321 e. The third-order valence-electron chi connectivity index (χ3n) is 3.58. The summed E-state index contributed by atoms with van der Waals surface area (Å²) in [5, 5.41) is 19.9. The molecule has 2 aliphatic heterocycles. The van der Waals surface area contributed by atoms with Gasteiger partial charge in [0.1, 0.15) is 6.17 Å². The fraction of sp³-hybridized carbons (Fsp3) is 0.727. The molecule has 2 fully saturated rings. The van der Waals surface area contributed by atoms with Crippen LogP contribution in [-0.4, -0.2) is 60.6 Å². The van der Waals surface area contributed by atoms with Gasteiger partial charge < -0.3 is 15.5 Å². The average Bonchev–Trinajstić information content (AvgIpc) is 2.30. The van der Waals surface area contributed by atoms with Crippen LogP contribution in [0.3, 0.4) is 0 Å². The minimum atomic E-state index is -1.17. The Bertz CT molecular complexity index is 430. The lowest BCUT2D eigenvalue weighted by molar-refractivity contribution is -0.415. The molecule has 1 unspecified atom stereocenters. The van der Waals surface area contributed by atoms with Gasteiger partial charge in [0, 0.05) is 13.1 Å².